The van der Waals surface area contributed by atoms with Crippen LogP contribution < -0.4 is 5.73 Å². The monoisotopic (exact) mass is 257 g/mol. The zero-order valence-electron chi connectivity index (χ0n) is 9.05. The summed E-state index contributed by atoms with van der Waals surface area (Å²) in [7, 11) is 0. The van der Waals surface area contributed by atoms with Crippen molar-refractivity contribution in [2.45, 2.75) is 18.6 Å². The fourth-order valence-electron chi connectivity index (χ4n) is 1.27. The molecule has 0 aliphatic rings. The van der Waals surface area contributed by atoms with E-state index in [1.165, 1.54) is 0 Å². The van der Waals surface area contributed by atoms with Crippen LogP contribution in [0.1, 0.15) is 18.2 Å². The van der Waals surface area contributed by atoms with Crippen LogP contribution in [0.3, 0.4) is 0 Å². The van der Waals surface area contributed by atoms with Crippen LogP contribution in [0.25, 0.3) is 0 Å². The van der Waals surface area contributed by atoms with E-state index in [4.69, 9.17) is 10.8 Å². The fourth-order valence-corrected chi connectivity index (χ4v) is 1.27. The Kier molecular flexibility index (Phi) is 4.13. The molecular weight excluding hydrogens is 246 g/mol. The van der Waals surface area contributed by atoms with Crippen molar-refractivity contribution in [1.29, 1.82) is 0 Å². The molecule has 0 spiro atoms. The molecule has 0 fully saturated rings. The molecule has 1 amide bonds. The Morgan fingerprint density at radius 1 is 1.50 bits per heavy atom. The van der Waals surface area contributed by atoms with Gasteiger partial charge in [-0.15, -0.1) is 0 Å². The average molecular weight is 257 g/mol. The highest BCUT2D eigenvalue weighted by Gasteiger charge is 2.27. The number of rotatable bonds is 5. The van der Waals surface area contributed by atoms with Crippen LogP contribution >= 0.6 is 0 Å². The molecule has 1 aromatic heterocycles. The van der Waals surface area contributed by atoms with Crippen LogP contribution in [0.15, 0.2) is 12.1 Å². The van der Waals surface area contributed by atoms with E-state index in [-0.39, 0.29) is 5.69 Å². The number of aromatic hydroxyl groups is 1. The van der Waals surface area contributed by atoms with Crippen LogP contribution in [-0.4, -0.2) is 37.2 Å². The lowest BCUT2D eigenvalue weighted by Crippen LogP contribution is -2.26. The summed E-state index contributed by atoms with van der Waals surface area (Å²) in [5.41, 5.74) is 4.59. The zero-order valence-corrected chi connectivity index (χ0v) is 9.05. The third kappa shape index (κ3) is 3.12. The number of nitro groups is 1. The van der Waals surface area contributed by atoms with Crippen LogP contribution in [0, 0.1) is 10.1 Å². The van der Waals surface area contributed by atoms with Crippen molar-refractivity contribution >= 4 is 11.7 Å². The van der Waals surface area contributed by atoms with E-state index in [1.54, 1.807) is 0 Å². The van der Waals surface area contributed by atoms with Gasteiger partial charge in [-0.1, -0.05) is 0 Å². The number of aliphatic hydroxyl groups excluding tert-OH is 2. The van der Waals surface area contributed by atoms with E-state index < -0.39 is 41.0 Å². The second-order valence-electron chi connectivity index (χ2n) is 3.52. The summed E-state index contributed by atoms with van der Waals surface area (Å²) in [6.07, 6.45) is -3.66. The third-order valence-electron chi connectivity index (χ3n) is 2.13. The van der Waals surface area contributed by atoms with E-state index >= 15 is 0 Å². The highest BCUT2D eigenvalue weighted by molar-refractivity contribution is 5.74. The number of primary amides is 1. The number of nitrogens with zero attached hydrogens (tertiary/aromatic N) is 2. The summed E-state index contributed by atoms with van der Waals surface area (Å²) >= 11 is 0. The highest BCUT2D eigenvalue weighted by Crippen LogP contribution is 2.26. The maximum Gasteiger partial charge on any atom is 0.406 e. The number of hydrogen-bond acceptors (Lipinski definition) is 7. The normalized spacial score (nSPS) is 13.9. The highest BCUT2D eigenvalue weighted by atomic mass is 16.6. The van der Waals surface area contributed by atoms with Gasteiger partial charge in [-0.2, -0.15) is 0 Å². The summed E-state index contributed by atoms with van der Waals surface area (Å²) in [5.74, 6) is -2.35. The molecule has 2 unspecified atom stereocenters. The Bertz CT molecular complexity index is 477. The van der Waals surface area contributed by atoms with E-state index in [1.807, 2.05) is 0 Å². The summed E-state index contributed by atoms with van der Waals surface area (Å²) in [6.45, 7) is 0. The van der Waals surface area contributed by atoms with Gasteiger partial charge in [0.15, 0.2) is 5.69 Å². The van der Waals surface area contributed by atoms with Crippen molar-refractivity contribution in [3.05, 3.63) is 27.9 Å². The number of amides is 1. The minimum absolute atomic E-state index is 0.242. The molecule has 0 radical (unpaired) electrons. The largest absolute Gasteiger partial charge is 0.501 e. The minimum atomic E-state index is -1.61. The Hall–Kier alpha value is -2.26. The van der Waals surface area contributed by atoms with Crippen molar-refractivity contribution in [1.82, 2.24) is 4.98 Å². The molecule has 1 rings (SSSR count). The van der Waals surface area contributed by atoms with E-state index in [9.17, 15) is 25.1 Å². The average Bonchev–Trinajstić information content (AvgIpc) is 2.27. The number of carbonyl (C=O) groups excluding carboxylic acids is 1. The molecule has 0 aliphatic carbocycles. The van der Waals surface area contributed by atoms with Gasteiger partial charge in [-0.3, -0.25) is 4.79 Å². The molecule has 0 aromatic carbocycles. The standard InChI is InChI=1S/C9H11N3O6/c10-7(15)3-6(14)8(16)4-1-2-5(13)9(11-4)12(17)18/h1-2,6,8,13-14,16H,3H2,(H2,10,15). The summed E-state index contributed by atoms with van der Waals surface area (Å²) in [6, 6.07) is 2.05. The van der Waals surface area contributed by atoms with Gasteiger partial charge in [-0.05, 0) is 22.0 Å². The predicted octanol–water partition coefficient (Wildman–Crippen LogP) is -1.03. The van der Waals surface area contributed by atoms with Crippen LogP contribution in [0.5, 0.6) is 5.75 Å². The first-order valence-corrected chi connectivity index (χ1v) is 4.81. The quantitative estimate of drug-likeness (QED) is 0.387. The van der Waals surface area contributed by atoms with Crippen molar-refractivity contribution in [3.63, 3.8) is 0 Å². The lowest BCUT2D eigenvalue weighted by Gasteiger charge is -2.13. The van der Waals surface area contributed by atoms with Gasteiger partial charge in [-0.25, -0.2) is 0 Å². The summed E-state index contributed by atoms with van der Waals surface area (Å²) < 4.78 is 0. The maximum absolute atomic E-state index is 10.6. The van der Waals surface area contributed by atoms with Gasteiger partial charge < -0.3 is 31.2 Å². The number of carbonyl (C=O) groups is 1. The van der Waals surface area contributed by atoms with Crippen LogP contribution in [0.2, 0.25) is 0 Å². The summed E-state index contributed by atoms with van der Waals surface area (Å²) in [4.78, 5) is 23.5. The van der Waals surface area contributed by atoms with Gasteiger partial charge in [0.2, 0.25) is 11.7 Å². The molecule has 0 aliphatic heterocycles. The van der Waals surface area contributed by atoms with Gasteiger partial charge in [0.25, 0.3) is 0 Å². The van der Waals surface area contributed by atoms with Crippen molar-refractivity contribution in [3.8, 4) is 5.75 Å². The number of nitrogens with two attached hydrogens (primary N) is 1. The number of hydrogen-bond donors (Lipinski definition) is 4. The minimum Gasteiger partial charge on any atom is -0.501 e. The summed E-state index contributed by atoms with van der Waals surface area (Å²) in [5, 5.41) is 38.7. The molecule has 2 atom stereocenters. The van der Waals surface area contributed by atoms with Gasteiger partial charge in [0.1, 0.15) is 6.10 Å². The lowest BCUT2D eigenvalue weighted by molar-refractivity contribution is -0.390. The second-order valence-corrected chi connectivity index (χ2v) is 3.52. The first-order chi connectivity index (χ1) is 8.32. The Labute approximate surface area is 101 Å². The maximum atomic E-state index is 10.6. The zero-order chi connectivity index (χ0) is 13.9. The Morgan fingerprint density at radius 2 is 2.11 bits per heavy atom. The molecule has 98 valence electrons. The molecule has 0 bridgehead atoms. The Balaban J connectivity index is 2.99. The molecule has 5 N–H and O–H groups in total. The number of pyridine rings is 1. The molecule has 0 saturated heterocycles. The Morgan fingerprint density at radius 3 is 2.61 bits per heavy atom. The van der Waals surface area contributed by atoms with E-state index in [0.717, 1.165) is 12.1 Å². The van der Waals surface area contributed by atoms with Crippen molar-refractivity contribution in [2.75, 3.05) is 0 Å². The lowest BCUT2D eigenvalue weighted by atomic mass is 10.1. The van der Waals surface area contributed by atoms with Crippen LogP contribution in [0.4, 0.5) is 5.82 Å². The molecular formula is C9H11N3O6. The molecule has 9 heteroatoms. The van der Waals surface area contributed by atoms with Gasteiger partial charge in [0.05, 0.1) is 12.5 Å². The molecule has 1 aromatic rings. The van der Waals surface area contributed by atoms with Crippen molar-refractivity contribution in [2.24, 2.45) is 5.73 Å². The second kappa shape index (κ2) is 5.38. The van der Waals surface area contributed by atoms with Gasteiger partial charge in [0, 0.05) is 0 Å². The third-order valence-corrected chi connectivity index (χ3v) is 2.13. The number of aromatic nitrogens is 1. The molecule has 1 heterocycles. The first kappa shape index (κ1) is 13.8. The van der Waals surface area contributed by atoms with Crippen LogP contribution in [-0.2, 0) is 4.79 Å². The topological polar surface area (TPSA) is 160 Å². The molecule has 18 heavy (non-hydrogen) atoms. The number of aliphatic hydroxyl groups is 2. The SMILES string of the molecule is NC(=O)CC(O)C(O)c1ccc(O)c([N+](=O)[O-])n1. The fraction of sp³-hybridized carbons (Fsp3) is 0.333. The smallest absolute Gasteiger partial charge is 0.406 e. The van der Waals surface area contributed by atoms with Gasteiger partial charge >= 0.3 is 5.82 Å². The predicted molar refractivity (Wildman–Crippen MR) is 57.3 cm³/mol. The first-order valence-electron chi connectivity index (χ1n) is 4.81. The molecule has 0 saturated carbocycles. The van der Waals surface area contributed by atoms with E-state index in [0.29, 0.717) is 0 Å². The van der Waals surface area contributed by atoms with E-state index in [2.05, 4.69) is 4.98 Å². The molecule has 9 nitrogen and oxygen atoms in total. The van der Waals surface area contributed by atoms with Crippen molar-refractivity contribution < 1.29 is 25.0 Å².